The van der Waals surface area contributed by atoms with Gasteiger partial charge >= 0.3 is 0 Å². The summed E-state index contributed by atoms with van der Waals surface area (Å²) in [6.07, 6.45) is 1.09. The Balaban J connectivity index is 3.40. The molecule has 0 aliphatic carbocycles. The number of hydrogen-bond acceptors (Lipinski definition) is 2. The third-order valence-electron chi connectivity index (χ3n) is 2.04. The van der Waals surface area contributed by atoms with Crippen LogP contribution in [0.15, 0.2) is 0 Å². The summed E-state index contributed by atoms with van der Waals surface area (Å²) < 4.78 is 0. The molecular formula is C12H26N2O. The average Bonchev–Trinajstić information content (AvgIpc) is 2.07. The van der Waals surface area contributed by atoms with E-state index in [9.17, 15) is 4.79 Å². The van der Waals surface area contributed by atoms with Crippen molar-refractivity contribution in [1.29, 1.82) is 0 Å². The summed E-state index contributed by atoms with van der Waals surface area (Å²) in [7, 11) is 0. The van der Waals surface area contributed by atoms with Crippen molar-refractivity contribution in [3.05, 3.63) is 0 Å². The lowest BCUT2D eigenvalue weighted by Gasteiger charge is -2.18. The summed E-state index contributed by atoms with van der Waals surface area (Å²) in [5.74, 6) is 0.612. The normalized spacial score (nSPS) is 11.9. The Hall–Kier alpha value is -0.570. The van der Waals surface area contributed by atoms with E-state index in [-0.39, 0.29) is 5.91 Å². The molecular weight excluding hydrogens is 188 g/mol. The summed E-state index contributed by atoms with van der Waals surface area (Å²) in [6, 6.07) is 0. The predicted octanol–water partition coefficient (Wildman–Crippen LogP) is 1.78. The first-order chi connectivity index (χ1) is 6.81. The van der Waals surface area contributed by atoms with E-state index < -0.39 is 0 Å². The van der Waals surface area contributed by atoms with Gasteiger partial charge in [-0.05, 0) is 24.3 Å². The fraction of sp³-hybridized carbons (Fsp3) is 0.917. The molecule has 0 aromatic carbocycles. The molecule has 3 nitrogen and oxygen atoms in total. The Labute approximate surface area is 94.0 Å². The van der Waals surface area contributed by atoms with Crippen molar-refractivity contribution in [2.24, 2.45) is 11.3 Å². The quantitative estimate of drug-likeness (QED) is 0.662. The molecule has 0 aromatic rings. The van der Waals surface area contributed by atoms with Crippen molar-refractivity contribution in [2.45, 2.75) is 41.0 Å². The predicted molar refractivity (Wildman–Crippen MR) is 64.8 cm³/mol. The van der Waals surface area contributed by atoms with Crippen molar-refractivity contribution in [2.75, 3.05) is 19.6 Å². The van der Waals surface area contributed by atoms with Crippen LogP contribution in [0.25, 0.3) is 0 Å². The van der Waals surface area contributed by atoms with Crippen LogP contribution in [-0.2, 0) is 4.79 Å². The van der Waals surface area contributed by atoms with E-state index in [0.717, 1.165) is 19.5 Å². The van der Waals surface area contributed by atoms with Gasteiger partial charge in [0, 0.05) is 6.54 Å². The number of amides is 1. The van der Waals surface area contributed by atoms with Gasteiger partial charge in [0.2, 0.25) is 5.91 Å². The van der Waals surface area contributed by atoms with Crippen molar-refractivity contribution in [1.82, 2.24) is 10.6 Å². The topological polar surface area (TPSA) is 41.1 Å². The highest BCUT2D eigenvalue weighted by atomic mass is 16.1. The van der Waals surface area contributed by atoms with Gasteiger partial charge in [-0.1, -0.05) is 34.6 Å². The number of hydrogen-bond donors (Lipinski definition) is 2. The lowest BCUT2D eigenvalue weighted by atomic mass is 9.92. The lowest BCUT2D eigenvalue weighted by molar-refractivity contribution is -0.120. The van der Waals surface area contributed by atoms with Crippen molar-refractivity contribution >= 4 is 5.91 Å². The van der Waals surface area contributed by atoms with Gasteiger partial charge in [-0.2, -0.15) is 0 Å². The highest BCUT2D eigenvalue weighted by molar-refractivity contribution is 5.77. The maximum atomic E-state index is 11.3. The van der Waals surface area contributed by atoms with E-state index in [1.54, 1.807) is 0 Å². The maximum Gasteiger partial charge on any atom is 0.233 e. The van der Waals surface area contributed by atoms with Gasteiger partial charge in [0.05, 0.1) is 6.54 Å². The summed E-state index contributed by atoms with van der Waals surface area (Å²) in [6.45, 7) is 12.9. The summed E-state index contributed by atoms with van der Waals surface area (Å²) in [5.41, 5.74) is 0.335. The van der Waals surface area contributed by atoms with Crippen LogP contribution in [-0.4, -0.2) is 25.5 Å². The smallest absolute Gasteiger partial charge is 0.233 e. The summed E-state index contributed by atoms with van der Waals surface area (Å²) in [5, 5.41) is 6.03. The molecule has 0 unspecified atom stereocenters. The van der Waals surface area contributed by atoms with E-state index >= 15 is 0 Å². The molecule has 0 radical (unpaired) electrons. The Morgan fingerprint density at radius 3 is 2.33 bits per heavy atom. The van der Waals surface area contributed by atoms with Crippen LogP contribution in [0.5, 0.6) is 0 Å². The molecule has 0 aromatic heterocycles. The van der Waals surface area contributed by atoms with Gasteiger partial charge in [-0.3, -0.25) is 4.79 Å². The number of carbonyl (C=O) groups excluding carboxylic acids is 1. The van der Waals surface area contributed by atoms with Gasteiger partial charge in [0.1, 0.15) is 0 Å². The standard InChI is InChI=1S/C12H26N2O/c1-10(2)8-14-11(15)9-13-7-6-12(3,4)5/h10,13H,6-9H2,1-5H3,(H,14,15). The van der Waals surface area contributed by atoms with Gasteiger partial charge in [-0.25, -0.2) is 0 Å². The van der Waals surface area contributed by atoms with E-state index in [0.29, 0.717) is 17.9 Å². The molecule has 0 fully saturated rings. The maximum absolute atomic E-state index is 11.3. The van der Waals surface area contributed by atoms with E-state index in [4.69, 9.17) is 0 Å². The minimum atomic E-state index is 0.0950. The van der Waals surface area contributed by atoms with E-state index in [1.165, 1.54) is 0 Å². The monoisotopic (exact) mass is 214 g/mol. The first-order valence-electron chi connectivity index (χ1n) is 5.78. The highest BCUT2D eigenvalue weighted by Gasteiger charge is 2.09. The first-order valence-corrected chi connectivity index (χ1v) is 5.78. The fourth-order valence-electron chi connectivity index (χ4n) is 1.05. The molecule has 0 aliphatic rings. The molecule has 0 saturated heterocycles. The van der Waals surface area contributed by atoms with Crippen LogP contribution in [0.2, 0.25) is 0 Å². The van der Waals surface area contributed by atoms with Crippen LogP contribution >= 0.6 is 0 Å². The van der Waals surface area contributed by atoms with Crippen LogP contribution in [0, 0.1) is 11.3 Å². The van der Waals surface area contributed by atoms with Crippen molar-refractivity contribution in [3.8, 4) is 0 Å². The molecule has 0 saturated carbocycles. The van der Waals surface area contributed by atoms with Crippen LogP contribution in [0.1, 0.15) is 41.0 Å². The average molecular weight is 214 g/mol. The van der Waals surface area contributed by atoms with E-state index in [1.807, 2.05) is 0 Å². The molecule has 2 N–H and O–H groups in total. The minimum Gasteiger partial charge on any atom is -0.355 e. The number of carbonyl (C=O) groups is 1. The van der Waals surface area contributed by atoms with Gasteiger partial charge in [-0.15, -0.1) is 0 Å². The third kappa shape index (κ3) is 11.4. The summed E-state index contributed by atoms with van der Waals surface area (Å²) in [4.78, 5) is 11.3. The molecule has 0 spiro atoms. The van der Waals surface area contributed by atoms with Crippen LogP contribution in [0.3, 0.4) is 0 Å². The Bertz CT molecular complexity index is 183. The van der Waals surface area contributed by atoms with Crippen molar-refractivity contribution in [3.63, 3.8) is 0 Å². The number of rotatable bonds is 6. The minimum absolute atomic E-state index is 0.0950. The van der Waals surface area contributed by atoms with Gasteiger partial charge in [0.25, 0.3) is 0 Å². The van der Waals surface area contributed by atoms with Crippen LogP contribution in [0.4, 0.5) is 0 Å². The van der Waals surface area contributed by atoms with Gasteiger partial charge in [0.15, 0.2) is 0 Å². The second-order valence-electron chi connectivity index (χ2n) is 5.69. The largest absolute Gasteiger partial charge is 0.355 e. The molecule has 1 amide bonds. The zero-order valence-electron chi connectivity index (χ0n) is 10.8. The molecule has 15 heavy (non-hydrogen) atoms. The molecule has 0 rings (SSSR count). The molecule has 0 atom stereocenters. The molecule has 0 heterocycles. The first kappa shape index (κ1) is 14.4. The zero-order valence-corrected chi connectivity index (χ0v) is 10.8. The highest BCUT2D eigenvalue weighted by Crippen LogP contribution is 2.16. The fourth-order valence-corrected chi connectivity index (χ4v) is 1.05. The Morgan fingerprint density at radius 2 is 1.87 bits per heavy atom. The second kappa shape index (κ2) is 6.83. The Kier molecular flexibility index (Phi) is 6.57. The zero-order chi connectivity index (χ0) is 11.9. The Morgan fingerprint density at radius 1 is 1.27 bits per heavy atom. The second-order valence-corrected chi connectivity index (χ2v) is 5.69. The summed E-state index contributed by atoms with van der Waals surface area (Å²) >= 11 is 0. The van der Waals surface area contributed by atoms with Crippen molar-refractivity contribution < 1.29 is 4.79 Å². The molecule has 0 aliphatic heterocycles. The third-order valence-corrected chi connectivity index (χ3v) is 2.04. The lowest BCUT2D eigenvalue weighted by Crippen LogP contribution is -2.36. The molecule has 0 bridgehead atoms. The molecule has 3 heteroatoms. The number of nitrogens with one attached hydrogen (secondary N) is 2. The van der Waals surface area contributed by atoms with Gasteiger partial charge < -0.3 is 10.6 Å². The SMILES string of the molecule is CC(C)CNC(=O)CNCCC(C)(C)C. The molecule has 90 valence electrons. The van der Waals surface area contributed by atoms with E-state index in [2.05, 4.69) is 45.3 Å². The van der Waals surface area contributed by atoms with Crippen LogP contribution < -0.4 is 10.6 Å².